The van der Waals surface area contributed by atoms with E-state index in [1.807, 2.05) is 61.7 Å². The number of piperidine rings is 1. The van der Waals surface area contributed by atoms with Crippen LogP contribution in [0.5, 0.6) is 0 Å². The lowest BCUT2D eigenvalue weighted by molar-refractivity contribution is 0.0499. The third-order valence-electron chi connectivity index (χ3n) is 5.99. The maximum absolute atomic E-state index is 13.2. The van der Waals surface area contributed by atoms with Crippen LogP contribution in [-0.4, -0.2) is 51.3 Å². The number of amides is 2. The van der Waals surface area contributed by atoms with Crippen molar-refractivity contribution in [2.45, 2.75) is 65.3 Å². The molecule has 4 rings (SSSR count). The number of imidazole rings is 1. The highest BCUT2D eigenvalue weighted by Crippen LogP contribution is 2.21. The van der Waals surface area contributed by atoms with E-state index in [2.05, 4.69) is 37.3 Å². The van der Waals surface area contributed by atoms with Crippen LogP contribution in [0.3, 0.4) is 0 Å². The van der Waals surface area contributed by atoms with Gasteiger partial charge < -0.3 is 20.3 Å². The van der Waals surface area contributed by atoms with Crippen LogP contribution in [0.4, 0.5) is 10.7 Å². The zero-order valence-corrected chi connectivity index (χ0v) is 21.9. The summed E-state index contributed by atoms with van der Waals surface area (Å²) in [5.41, 5.74) is 1.54. The molecule has 1 fully saturated rings. The quantitative estimate of drug-likeness (QED) is 0.496. The van der Waals surface area contributed by atoms with Crippen LogP contribution in [-0.2, 0) is 17.8 Å². The summed E-state index contributed by atoms with van der Waals surface area (Å²) in [6, 6.07) is 11.7. The van der Waals surface area contributed by atoms with Crippen molar-refractivity contribution in [2.75, 3.05) is 18.0 Å². The Morgan fingerprint density at radius 1 is 1.19 bits per heavy atom. The van der Waals surface area contributed by atoms with E-state index < -0.39 is 11.7 Å². The van der Waals surface area contributed by atoms with Gasteiger partial charge in [0.15, 0.2) is 0 Å². The first-order valence-electron chi connectivity index (χ1n) is 12.6. The fourth-order valence-corrected chi connectivity index (χ4v) is 4.33. The van der Waals surface area contributed by atoms with Crippen molar-refractivity contribution in [1.29, 1.82) is 0 Å². The first kappa shape index (κ1) is 26.0. The minimum atomic E-state index is -0.557. The van der Waals surface area contributed by atoms with Crippen LogP contribution in [0.25, 0.3) is 10.9 Å². The Bertz CT molecular complexity index is 1330. The van der Waals surface area contributed by atoms with Gasteiger partial charge in [-0.1, -0.05) is 30.2 Å². The second-order valence-corrected chi connectivity index (χ2v) is 10.1. The van der Waals surface area contributed by atoms with Crippen molar-refractivity contribution in [3.63, 3.8) is 0 Å². The molecule has 9 nitrogen and oxygen atoms in total. The van der Waals surface area contributed by atoms with E-state index >= 15 is 0 Å². The van der Waals surface area contributed by atoms with E-state index in [-0.39, 0.29) is 11.9 Å². The van der Waals surface area contributed by atoms with Gasteiger partial charge in [-0.15, -0.1) is 5.92 Å². The van der Waals surface area contributed by atoms with E-state index in [0.717, 1.165) is 36.0 Å². The van der Waals surface area contributed by atoms with Crippen molar-refractivity contribution in [1.82, 2.24) is 25.2 Å². The molecule has 0 saturated carbocycles. The van der Waals surface area contributed by atoms with Gasteiger partial charge in [-0.2, -0.15) is 0 Å². The van der Waals surface area contributed by atoms with Crippen LogP contribution in [0.1, 0.15) is 56.7 Å². The first-order valence-corrected chi connectivity index (χ1v) is 12.6. The predicted molar refractivity (Wildman–Crippen MR) is 143 cm³/mol. The number of hydrogen-bond donors (Lipinski definition) is 2. The smallest absolute Gasteiger partial charge is 0.407 e. The maximum atomic E-state index is 13.2. The Kier molecular flexibility index (Phi) is 7.97. The Morgan fingerprint density at radius 3 is 2.78 bits per heavy atom. The summed E-state index contributed by atoms with van der Waals surface area (Å²) in [6.07, 6.45) is 2.88. The molecule has 0 bridgehead atoms. The molecule has 3 heterocycles. The van der Waals surface area contributed by atoms with Gasteiger partial charge in [0.2, 0.25) is 5.95 Å². The van der Waals surface area contributed by atoms with Crippen LogP contribution >= 0.6 is 0 Å². The standard InChI is InChI=1S/C28H34N6O3/c1-5-6-16-34-24(25(35)29-17-21-14-13-20-10-7-8-12-23(20)31-21)18-30-26(34)33-15-9-11-22(19-33)32-27(36)37-28(2,3)4/h7-8,10,12-14,18,22H,9,11,15-17,19H2,1-4H3,(H,29,35)(H,32,36). The Hall–Kier alpha value is -4.06. The number of pyridine rings is 1. The van der Waals surface area contributed by atoms with Crippen LogP contribution in [0.2, 0.25) is 0 Å². The number of aromatic nitrogens is 3. The Labute approximate surface area is 217 Å². The van der Waals surface area contributed by atoms with Crippen LogP contribution in [0, 0.1) is 11.8 Å². The molecule has 1 unspecified atom stereocenters. The van der Waals surface area contributed by atoms with Crippen molar-refractivity contribution in [3.05, 3.63) is 54.0 Å². The first-order chi connectivity index (χ1) is 17.7. The van der Waals surface area contributed by atoms with E-state index in [9.17, 15) is 9.59 Å². The van der Waals surface area contributed by atoms with Gasteiger partial charge in [0.25, 0.3) is 5.91 Å². The Morgan fingerprint density at radius 2 is 2.00 bits per heavy atom. The third kappa shape index (κ3) is 6.79. The number of para-hydroxylation sites is 1. The highest BCUT2D eigenvalue weighted by molar-refractivity contribution is 5.93. The lowest BCUT2D eigenvalue weighted by Gasteiger charge is -2.34. The number of benzene rings is 1. The van der Waals surface area contributed by atoms with Gasteiger partial charge in [0.1, 0.15) is 11.3 Å². The molecule has 2 N–H and O–H groups in total. The van der Waals surface area contributed by atoms with Crippen molar-refractivity contribution < 1.29 is 14.3 Å². The van der Waals surface area contributed by atoms with E-state index in [1.54, 1.807) is 13.1 Å². The molecule has 1 atom stereocenters. The molecule has 194 valence electrons. The molecular formula is C28H34N6O3. The zero-order valence-electron chi connectivity index (χ0n) is 21.9. The monoisotopic (exact) mass is 502 g/mol. The lowest BCUT2D eigenvalue weighted by Crippen LogP contribution is -2.49. The number of carbonyl (C=O) groups is 2. The summed E-state index contributed by atoms with van der Waals surface area (Å²) < 4.78 is 7.24. The molecule has 2 amide bonds. The number of hydrogen-bond acceptors (Lipinski definition) is 6. The fourth-order valence-electron chi connectivity index (χ4n) is 4.33. The van der Waals surface area contributed by atoms with E-state index in [1.165, 1.54) is 0 Å². The molecule has 1 aliphatic rings. The minimum absolute atomic E-state index is 0.0812. The summed E-state index contributed by atoms with van der Waals surface area (Å²) in [4.78, 5) is 36.8. The third-order valence-corrected chi connectivity index (χ3v) is 5.99. The number of nitrogens with zero attached hydrogens (tertiary/aromatic N) is 4. The average molecular weight is 503 g/mol. The highest BCUT2D eigenvalue weighted by Gasteiger charge is 2.28. The highest BCUT2D eigenvalue weighted by atomic mass is 16.6. The van der Waals surface area contributed by atoms with Crippen LogP contribution in [0.15, 0.2) is 42.6 Å². The zero-order chi connectivity index (χ0) is 26.4. The molecule has 1 aliphatic heterocycles. The largest absolute Gasteiger partial charge is 0.444 e. The van der Waals surface area contributed by atoms with Crippen molar-refractivity contribution in [2.24, 2.45) is 0 Å². The number of carbonyl (C=O) groups excluding carboxylic acids is 2. The number of nitrogens with one attached hydrogen (secondary N) is 2. The second kappa shape index (κ2) is 11.3. The van der Waals surface area contributed by atoms with Gasteiger partial charge in [-0.25, -0.2) is 9.78 Å². The minimum Gasteiger partial charge on any atom is -0.444 e. The normalized spacial score (nSPS) is 15.6. The molecule has 37 heavy (non-hydrogen) atoms. The van der Waals surface area contributed by atoms with Gasteiger partial charge in [-0.05, 0) is 52.7 Å². The number of fused-ring (bicyclic) bond motifs is 1. The molecule has 0 aliphatic carbocycles. The number of rotatable bonds is 6. The summed E-state index contributed by atoms with van der Waals surface area (Å²) in [7, 11) is 0. The molecule has 0 spiro atoms. The lowest BCUT2D eigenvalue weighted by atomic mass is 10.1. The van der Waals surface area contributed by atoms with Gasteiger partial charge in [0.05, 0.1) is 30.5 Å². The topological polar surface area (TPSA) is 101 Å². The second-order valence-electron chi connectivity index (χ2n) is 10.1. The van der Waals surface area contributed by atoms with Crippen LogP contribution < -0.4 is 15.5 Å². The van der Waals surface area contributed by atoms with Gasteiger partial charge in [-0.3, -0.25) is 14.3 Å². The predicted octanol–water partition coefficient (Wildman–Crippen LogP) is 3.88. The molecule has 1 saturated heterocycles. The summed E-state index contributed by atoms with van der Waals surface area (Å²) >= 11 is 0. The van der Waals surface area contributed by atoms with Gasteiger partial charge in [0, 0.05) is 24.5 Å². The number of alkyl carbamates (subject to hydrolysis) is 1. The Balaban J connectivity index is 1.46. The molecule has 0 radical (unpaired) electrons. The van der Waals surface area contributed by atoms with Gasteiger partial charge >= 0.3 is 6.09 Å². The molecule has 2 aromatic heterocycles. The fraction of sp³-hybridized carbons (Fsp3) is 0.429. The summed E-state index contributed by atoms with van der Waals surface area (Å²) in [5.74, 6) is 6.37. The van der Waals surface area contributed by atoms with E-state index in [4.69, 9.17) is 4.74 Å². The maximum Gasteiger partial charge on any atom is 0.407 e. The number of ether oxygens (including phenoxy) is 1. The number of anilines is 1. The molecule has 3 aromatic rings. The van der Waals surface area contributed by atoms with Crippen molar-refractivity contribution in [3.8, 4) is 11.8 Å². The SMILES string of the molecule is CC#CCn1c(C(=O)NCc2ccc3ccccc3n2)cnc1N1CCCC(NC(=O)OC(C)(C)C)C1. The molecule has 9 heteroatoms. The molecule has 1 aromatic carbocycles. The van der Waals surface area contributed by atoms with Crippen molar-refractivity contribution >= 4 is 28.9 Å². The summed E-state index contributed by atoms with van der Waals surface area (Å²) in [5, 5.41) is 6.99. The summed E-state index contributed by atoms with van der Waals surface area (Å²) in [6.45, 7) is 9.26. The van der Waals surface area contributed by atoms with E-state index in [0.29, 0.717) is 31.3 Å². The average Bonchev–Trinajstić information content (AvgIpc) is 3.29. The molecular weight excluding hydrogens is 468 g/mol.